The molecule has 2 aromatic carbocycles. The second kappa shape index (κ2) is 8.32. The van der Waals surface area contributed by atoms with Crippen LogP contribution < -0.4 is 10.1 Å². The van der Waals surface area contributed by atoms with E-state index in [1.807, 2.05) is 12.1 Å². The Labute approximate surface area is 126 Å². The van der Waals surface area contributed by atoms with Crippen molar-refractivity contribution >= 4 is 5.69 Å². The highest BCUT2D eigenvalue weighted by atomic mass is 16.5. The predicted octanol–water partition coefficient (Wildman–Crippen LogP) is 3.89. The first-order valence-electron chi connectivity index (χ1n) is 7.35. The molecule has 0 heterocycles. The summed E-state index contributed by atoms with van der Waals surface area (Å²) in [5.74, 6) is 0.878. The van der Waals surface area contributed by atoms with Crippen molar-refractivity contribution in [2.45, 2.75) is 19.9 Å². The Kier molecular flexibility index (Phi) is 6.10. The summed E-state index contributed by atoms with van der Waals surface area (Å²) < 4.78 is 10.5. The van der Waals surface area contributed by atoms with Gasteiger partial charge in [-0.1, -0.05) is 31.2 Å². The Balaban J connectivity index is 1.82. The molecular weight excluding hydrogens is 262 g/mol. The average Bonchev–Trinajstić information content (AvgIpc) is 2.55. The zero-order valence-corrected chi connectivity index (χ0v) is 12.8. The third-order valence-electron chi connectivity index (χ3n) is 3.34. The number of aryl methyl sites for hydroxylation is 1. The largest absolute Gasteiger partial charge is 0.491 e. The van der Waals surface area contributed by atoms with E-state index in [-0.39, 0.29) is 0 Å². The van der Waals surface area contributed by atoms with Gasteiger partial charge in [0.15, 0.2) is 0 Å². The van der Waals surface area contributed by atoms with Crippen LogP contribution >= 0.6 is 0 Å². The van der Waals surface area contributed by atoms with Gasteiger partial charge < -0.3 is 14.8 Å². The lowest BCUT2D eigenvalue weighted by Gasteiger charge is -2.09. The zero-order valence-electron chi connectivity index (χ0n) is 12.8. The first kappa shape index (κ1) is 15.4. The molecule has 0 bridgehead atoms. The summed E-state index contributed by atoms with van der Waals surface area (Å²) in [6.45, 7) is 4.16. The van der Waals surface area contributed by atoms with E-state index in [1.165, 1.54) is 11.1 Å². The fourth-order valence-corrected chi connectivity index (χ4v) is 2.01. The molecule has 0 unspecified atom stereocenters. The van der Waals surface area contributed by atoms with Crippen molar-refractivity contribution in [1.29, 1.82) is 0 Å². The van der Waals surface area contributed by atoms with Crippen molar-refractivity contribution in [2.75, 3.05) is 25.6 Å². The van der Waals surface area contributed by atoms with E-state index < -0.39 is 0 Å². The molecular formula is C18H23NO2. The molecule has 0 aliphatic heterocycles. The molecule has 0 saturated heterocycles. The number of ether oxygens (including phenoxy) is 2. The molecule has 0 spiro atoms. The molecule has 0 saturated carbocycles. The molecule has 0 fully saturated rings. The van der Waals surface area contributed by atoms with Gasteiger partial charge >= 0.3 is 0 Å². The topological polar surface area (TPSA) is 30.5 Å². The van der Waals surface area contributed by atoms with E-state index in [1.54, 1.807) is 7.11 Å². The van der Waals surface area contributed by atoms with Crippen LogP contribution in [0.3, 0.4) is 0 Å². The first-order chi connectivity index (χ1) is 10.3. The lowest BCUT2D eigenvalue weighted by Crippen LogP contribution is -2.04. The van der Waals surface area contributed by atoms with Crippen LogP contribution in [0, 0.1) is 0 Å². The molecule has 0 radical (unpaired) electrons. The van der Waals surface area contributed by atoms with E-state index in [9.17, 15) is 0 Å². The van der Waals surface area contributed by atoms with E-state index in [4.69, 9.17) is 9.47 Å². The van der Waals surface area contributed by atoms with Crippen LogP contribution in [-0.4, -0.2) is 20.3 Å². The Hall–Kier alpha value is -2.00. The molecule has 3 nitrogen and oxygen atoms in total. The monoisotopic (exact) mass is 285 g/mol. The van der Waals surface area contributed by atoms with Gasteiger partial charge in [0, 0.05) is 19.3 Å². The minimum Gasteiger partial charge on any atom is -0.491 e. The fourth-order valence-electron chi connectivity index (χ4n) is 2.01. The number of nitrogens with one attached hydrogen (secondary N) is 1. The molecule has 112 valence electrons. The van der Waals surface area contributed by atoms with Crippen LogP contribution in [0.15, 0.2) is 48.5 Å². The van der Waals surface area contributed by atoms with E-state index in [2.05, 4.69) is 48.6 Å². The van der Waals surface area contributed by atoms with Gasteiger partial charge in [-0.25, -0.2) is 0 Å². The highest BCUT2D eigenvalue weighted by Crippen LogP contribution is 2.15. The smallest absolute Gasteiger partial charge is 0.119 e. The SMILES string of the molecule is CCc1ccc(NCc2ccc(OCCOC)cc2)cc1. The van der Waals surface area contributed by atoms with Crippen LogP contribution in [-0.2, 0) is 17.7 Å². The summed E-state index contributed by atoms with van der Waals surface area (Å²) in [7, 11) is 1.67. The second-order valence-electron chi connectivity index (χ2n) is 4.89. The van der Waals surface area contributed by atoms with Gasteiger partial charge in [-0.15, -0.1) is 0 Å². The van der Waals surface area contributed by atoms with Crippen molar-refractivity contribution in [3.05, 3.63) is 59.7 Å². The highest BCUT2D eigenvalue weighted by molar-refractivity contribution is 5.45. The summed E-state index contributed by atoms with van der Waals surface area (Å²) in [6.07, 6.45) is 1.07. The molecule has 0 aromatic heterocycles. The van der Waals surface area contributed by atoms with Crippen LogP contribution in [0.2, 0.25) is 0 Å². The molecule has 21 heavy (non-hydrogen) atoms. The lowest BCUT2D eigenvalue weighted by atomic mass is 10.1. The Morgan fingerprint density at radius 2 is 1.52 bits per heavy atom. The van der Waals surface area contributed by atoms with Gasteiger partial charge in [-0.2, -0.15) is 0 Å². The van der Waals surface area contributed by atoms with Gasteiger partial charge in [-0.3, -0.25) is 0 Å². The van der Waals surface area contributed by atoms with Gasteiger partial charge in [0.1, 0.15) is 12.4 Å². The quantitative estimate of drug-likeness (QED) is 0.746. The molecule has 0 aliphatic carbocycles. The van der Waals surface area contributed by atoms with Crippen LogP contribution in [0.4, 0.5) is 5.69 Å². The predicted molar refractivity (Wildman–Crippen MR) is 87.0 cm³/mol. The number of hydrogen-bond donors (Lipinski definition) is 1. The molecule has 1 N–H and O–H groups in total. The summed E-state index contributed by atoms with van der Waals surface area (Å²) in [6, 6.07) is 16.7. The number of methoxy groups -OCH3 is 1. The third kappa shape index (κ3) is 5.12. The second-order valence-corrected chi connectivity index (χ2v) is 4.89. The summed E-state index contributed by atoms with van der Waals surface area (Å²) in [4.78, 5) is 0. The molecule has 0 atom stereocenters. The molecule has 0 aliphatic rings. The van der Waals surface area contributed by atoms with Gasteiger partial charge in [0.2, 0.25) is 0 Å². The number of anilines is 1. The maximum absolute atomic E-state index is 5.54. The van der Waals surface area contributed by atoms with Crippen molar-refractivity contribution in [1.82, 2.24) is 0 Å². The zero-order chi connectivity index (χ0) is 14.9. The normalized spacial score (nSPS) is 10.4. The summed E-state index contributed by atoms with van der Waals surface area (Å²) >= 11 is 0. The molecule has 2 aromatic rings. The number of hydrogen-bond acceptors (Lipinski definition) is 3. The van der Waals surface area contributed by atoms with E-state index in [0.29, 0.717) is 13.2 Å². The standard InChI is InChI=1S/C18H23NO2/c1-3-15-4-8-17(9-5-15)19-14-16-6-10-18(11-7-16)21-13-12-20-2/h4-11,19H,3,12-14H2,1-2H3. The van der Waals surface area contributed by atoms with Gasteiger partial charge in [0.05, 0.1) is 6.61 Å². The minimum atomic E-state index is 0.581. The minimum absolute atomic E-state index is 0.581. The van der Waals surface area contributed by atoms with Gasteiger partial charge in [-0.05, 0) is 41.8 Å². The third-order valence-corrected chi connectivity index (χ3v) is 3.34. The fraction of sp³-hybridized carbons (Fsp3) is 0.333. The van der Waals surface area contributed by atoms with Crippen molar-refractivity contribution in [3.63, 3.8) is 0 Å². The Bertz CT molecular complexity index is 520. The van der Waals surface area contributed by atoms with Crippen molar-refractivity contribution in [2.24, 2.45) is 0 Å². The number of benzene rings is 2. The van der Waals surface area contributed by atoms with Gasteiger partial charge in [0.25, 0.3) is 0 Å². The van der Waals surface area contributed by atoms with Crippen molar-refractivity contribution in [3.8, 4) is 5.75 Å². The summed E-state index contributed by atoms with van der Waals surface area (Å²) in [5, 5.41) is 3.42. The molecule has 3 heteroatoms. The first-order valence-corrected chi connectivity index (χ1v) is 7.35. The Morgan fingerprint density at radius 3 is 2.14 bits per heavy atom. The van der Waals surface area contributed by atoms with Crippen LogP contribution in [0.25, 0.3) is 0 Å². The van der Waals surface area contributed by atoms with E-state index >= 15 is 0 Å². The van der Waals surface area contributed by atoms with Crippen LogP contribution in [0.5, 0.6) is 5.75 Å². The maximum atomic E-state index is 5.54. The molecule has 2 rings (SSSR count). The number of rotatable bonds is 8. The average molecular weight is 285 g/mol. The summed E-state index contributed by atoms with van der Waals surface area (Å²) in [5.41, 5.74) is 3.74. The van der Waals surface area contributed by atoms with E-state index in [0.717, 1.165) is 24.4 Å². The van der Waals surface area contributed by atoms with Crippen LogP contribution in [0.1, 0.15) is 18.1 Å². The Morgan fingerprint density at radius 1 is 0.857 bits per heavy atom. The maximum Gasteiger partial charge on any atom is 0.119 e. The highest BCUT2D eigenvalue weighted by Gasteiger charge is 1.97. The lowest BCUT2D eigenvalue weighted by molar-refractivity contribution is 0.146. The van der Waals surface area contributed by atoms with Crippen molar-refractivity contribution < 1.29 is 9.47 Å². The molecule has 0 amide bonds.